The molecule has 0 aromatic carbocycles. The summed E-state index contributed by atoms with van der Waals surface area (Å²) in [6, 6.07) is 2.11. The molecule has 1 aromatic rings. The molecule has 0 aliphatic rings. The first-order chi connectivity index (χ1) is 7.59. The van der Waals surface area contributed by atoms with Gasteiger partial charge in [0.15, 0.2) is 0 Å². The molecule has 0 saturated carbocycles. The number of thiophene rings is 1. The topological polar surface area (TPSA) is 41.5 Å². The van der Waals surface area contributed by atoms with Gasteiger partial charge in [0, 0.05) is 18.0 Å². The third-order valence-electron chi connectivity index (χ3n) is 2.26. The fraction of sp³-hybridized carbons (Fsp3) is 0.667. The number of rotatable bonds is 7. The number of ether oxygens (including phenoxy) is 1. The fourth-order valence-electron chi connectivity index (χ4n) is 1.30. The first-order valence-electron chi connectivity index (χ1n) is 5.63. The molecule has 1 aromatic heterocycles. The summed E-state index contributed by atoms with van der Waals surface area (Å²) in [5.74, 6) is 0. The Morgan fingerprint density at radius 2 is 2.25 bits per heavy atom. The molecule has 0 amide bonds. The second-order valence-electron chi connectivity index (χ2n) is 4.19. The molecule has 0 spiro atoms. The van der Waals surface area contributed by atoms with E-state index in [1.165, 1.54) is 10.4 Å². The van der Waals surface area contributed by atoms with Crippen LogP contribution in [0.15, 0.2) is 11.4 Å². The summed E-state index contributed by atoms with van der Waals surface area (Å²) in [4.78, 5) is 1.33. The zero-order valence-electron chi connectivity index (χ0n) is 10.2. The molecule has 0 fully saturated rings. The van der Waals surface area contributed by atoms with Crippen molar-refractivity contribution in [2.75, 3.05) is 13.2 Å². The van der Waals surface area contributed by atoms with Crippen molar-refractivity contribution in [1.82, 2.24) is 5.32 Å². The average Bonchev–Trinajstić information content (AvgIpc) is 2.61. The maximum absolute atomic E-state index is 9.61. The zero-order chi connectivity index (χ0) is 12.0. The molecule has 1 rings (SSSR count). The number of aliphatic hydroxyl groups is 1. The minimum absolute atomic E-state index is 0.175. The van der Waals surface area contributed by atoms with E-state index >= 15 is 0 Å². The molecule has 2 N–H and O–H groups in total. The van der Waals surface area contributed by atoms with Crippen LogP contribution in [0.4, 0.5) is 0 Å². The van der Waals surface area contributed by atoms with E-state index in [0.717, 1.165) is 6.54 Å². The zero-order valence-corrected chi connectivity index (χ0v) is 11.0. The van der Waals surface area contributed by atoms with Crippen LogP contribution in [0.3, 0.4) is 0 Å². The number of aliphatic hydroxyl groups excluding tert-OH is 1. The first kappa shape index (κ1) is 13.6. The number of hydrogen-bond donors (Lipinski definition) is 2. The molecule has 1 heterocycles. The molecule has 0 saturated heterocycles. The highest BCUT2D eigenvalue weighted by atomic mass is 32.1. The lowest BCUT2D eigenvalue weighted by molar-refractivity contribution is 0.00632. The van der Waals surface area contributed by atoms with Gasteiger partial charge in [-0.05, 0) is 37.8 Å². The van der Waals surface area contributed by atoms with E-state index in [-0.39, 0.29) is 6.10 Å². The van der Waals surface area contributed by atoms with Crippen molar-refractivity contribution < 1.29 is 9.84 Å². The lowest BCUT2D eigenvalue weighted by atomic mass is 10.3. The first-order valence-corrected chi connectivity index (χ1v) is 6.51. The van der Waals surface area contributed by atoms with Crippen LogP contribution in [0.1, 0.15) is 24.3 Å². The van der Waals surface area contributed by atoms with Gasteiger partial charge in [0.05, 0.1) is 18.8 Å². The largest absolute Gasteiger partial charge is 0.389 e. The van der Waals surface area contributed by atoms with Crippen LogP contribution in [0.5, 0.6) is 0 Å². The minimum atomic E-state index is -0.428. The summed E-state index contributed by atoms with van der Waals surface area (Å²) in [7, 11) is 0. The standard InChI is InChI=1S/C12H21NO2S/c1-9(2)15-8-11(14)6-13-7-12-10(3)4-5-16-12/h4-5,9,11,13-14H,6-8H2,1-3H3. The van der Waals surface area contributed by atoms with E-state index < -0.39 is 6.10 Å². The molecule has 1 atom stereocenters. The highest BCUT2D eigenvalue weighted by molar-refractivity contribution is 7.10. The van der Waals surface area contributed by atoms with Crippen molar-refractivity contribution in [1.29, 1.82) is 0 Å². The van der Waals surface area contributed by atoms with Crippen LogP contribution in [0.2, 0.25) is 0 Å². The predicted octanol–water partition coefficient (Wildman–Crippen LogP) is 1.93. The van der Waals surface area contributed by atoms with Crippen molar-refractivity contribution in [2.24, 2.45) is 0 Å². The molecule has 92 valence electrons. The van der Waals surface area contributed by atoms with Gasteiger partial charge >= 0.3 is 0 Å². The van der Waals surface area contributed by atoms with Gasteiger partial charge < -0.3 is 15.2 Å². The Bertz CT molecular complexity index is 299. The molecular weight excluding hydrogens is 222 g/mol. The van der Waals surface area contributed by atoms with E-state index in [4.69, 9.17) is 4.74 Å². The quantitative estimate of drug-likeness (QED) is 0.769. The van der Waals surface area contributed by atoms with Crippen molar-refractivity contribution in [3.05, 3.63) is 21.9 Å². The van der Waals surface area contributed by atoms with Crippen LogP contribution in [-0.2, 0) is 11.3 Å². The van der Waals surface area contributed by atoms with Crippen LogP contribution in [-0.4, -0.2) is 30.5 Å². The maximum Gasteiger partial charge on any atom is 0.0897 e. The third-order valence-corrected chi connectivity index (χ3v) is 3.28. The molecule has 0 aliphatic heterocycles. The van der Waals surface area contributed by atoms with Crippen molar-refractivity contribution in [3.63, 3.8) is 0 Å². The SMILES string of the molecule is Cc1ccsc1CNCC(O)COC(C)C. The molecule has 0 bridgehead atoms. The summed E-state index contributed by atoms with van der Waals surface area (Å²) >= 11 is 1.74. The van der Waals surface area contributed by atoms with Crippen LogP contribution in [0, 0.1) is 6.92 Å². The second kappa shape index (κ2) is 7.01. The monoisotopic (exact) mass is 243 g/mol. The van der Waals surface area contributed by atoms with Crippen molar-refractivity contribution in [3.8, 4) is 0 Å². The van der Waals surface area contributed by atoms with Crippen molar-refractivity contribution >= 4 is 11.3 Å². The molecule has 1 unspecified atom stereocenters. The summed E-state index contributed by atoms with van der Waals surface area (Å²) in [6.45, 7) is 7.83. The molecule has 4 heteroatoms. The summed E-state index contributed by atoms with van der Waals surface area (Å²) in [6.07, 6.45) is -0.253. The summed E-state index contributed by atoms with van der Waals surface area (Å²) < 4.78 is 5.33. The van der Waals surface area contributed by atoms with Gasteiger partial charge in [-0.25, -0.2) is 0 Å². The minimum Gasteiger partial charge on any atom is -0.389 e. The fourth-order valence-corrected chi connectivity index (χ4v) is 2.18. The van der Waals surface area contributed by atoms with E-state index in [9.17, 15) is 5.11 Å². The molecule has 0 radical (unpaired) electrons. The van der Waals surface area contributed by atoms with E-state index in [2.05, 4.69) is 23.7 Å². The Labute approximate surface area is 101 Å². The van der Waals surface area contributed by atoms with Gasteiger partial charge in [-0.2, -0.15) is 0 Å². The molecule has 3 nitrogen and oxygen atoms in total. The Morgan fingerprint density at radius 1 is 1.50 bits per heavy atom. The Morgan fingerprint density at radius 3 is 2.81 bits per heavy atom. The van der Waals surface area contributed by atoms with E-state index in [1.807, 2.05) is 13.8 Å². The van der Waals surface area contributed by atoms with E-state index in [1.54, 1.807) is 11.3 Å². The van der Waals surface area contributed by atoms with Crippen molar-refractivity contribution in [2.45, 2.75) is 39.5 Å². The van der Waals surface area contributed by atoms with Gasteiger partial charge in [0.2, 0.25) is 0 Å². The lowest BCUT2D eigenvalue weighted by Gasteiger charge is -2.14. The predicted molar refractivity (Wildman–Crippen MR) is 67.9 cm³/mol. The van der Waals surface area contributed by atoms with Gasteiger partial charge in [0.25, 0.3) is 0 Å². The normalized spacial score (nSPS) is 13.3. The molecule has 16 heavy (non-hydrogen) atoms. The molecule has 0 aliphatic carbocycles. The van der Waals surface area contributed by atoms with Gasteiger partial charge in [-0.15, -0.1) is 11.3 Å². The Balaban J connectivity index is 2.13. The van der Waals surface area contributed by atoms with Crippen LogP contribution >= 0.6 is 11.3 Å². The number of nitrogens with one attached hydrogen (secondary N) is 1. The van der Waals surface area contributed by atoms with E-state index in [0.29, 0.717) is 13.2 Å². The number of hydrogen-bond acceptors (Lipinski definition) is 4. The smallest absolute Gasteiger partial charge is 0.0897 e. The maximum atomic E-state index is 9.61. The van der Waals surface area contributed by atoms with Crippen LogP contribution in [0.25, 0.3) is 0 Å². The lowest BCUT2D eigenvalue weighted by Crippen LogP contribution is -2.30. The highest BCUT2D eigenvalue weighted by Crippen LogP contribution is 2.14. The van der Waals surface area contributed by atoms with Gasteiger partial charge in [-0.1, -0.05) is 0 Å². The highest BCUT2D eigenvalue weighted by Gasteiger charge is 2.06. The van der Waals surface area contributed by atoms with Gasteiger partial charge in [0.1, 0.15) is 0 Å². The molecular formula is C12H21NO2S. The average molecular weight is 243 g/mol. The van der Waals surface area contributed by atoms with Gasteiger partial charge in [-0.3, -0.25) is 0 Å². The number of aryl methyl sites for hydroxylation is 1. The summed E-state index contributed by atoms with van der Waals surface area (Å²) in [5, 5.41) is 14.9. The second-order valence-corrected chi connectivity index (χ2v) is 5.19. The van der Waals surface area contributed by atoms with Crippen LogP contribution < -0.4 is 5.32 Å². The summed E-state index contributed by atoms with van der Waals surface area (Å²) in [5.41, 5.74) is 1.31. The Hall–Kier alpha value is -0.420. The Kier molecular flexibility index (Phi) is 5.98. The third kappa shape index (κ3) is 5.07.